The lowest BCUT2D eigenvalue weighted by molar-refractivity contribution is -0.236. The summed E-state index contributed by atoms with van der Waals surface area (Å²) in [5.74, 6) is -0.229. The molecule has 0 bridgehead atoms. The summed E-state index contributed by atoms with van der Waals surface area (Å²) in [6, 6.07) is 7.53. The van der Waals surface area contributed by atoms with Crippen molar-refractivity contribution in [3.05, 3.63) is 24.3 Å². The maximum atomic E-state index is 9.63. The van der Waals surface area contributed by atoms with Gasteiger partial charge in [-0.2, -0.15) is 0 Å². The highest BCUT2D eigenvalue weighted by Gasteiger charge is 2.80. The molecular weight excluding hydrogens is 859 g/mol. The zero-order valence-electron chi connectivity index (χ0n) is 32.2. The summed E-state index contributed by atoms with van der Waals surface area (Å²) in [4.78, 5) is 0. The van der Waals surface area contributed by atoms with Crippen molar-refractivity contribution in [1.29, 1.82) is 0 Å². The van der Waals surface area contributed by atoms with Crippen LogP contribution in [0.3, 0.4) is 0 Å². The second-order valence-corrected chi connectivity index (χ2v) is 20.4. The number of fused-ring (bicyclic) bond motifs is 7. The monoisotopic (exact) mass is 907 g/mol. The Labute approximate surface area is 337 Å². The van der Waals surface area contributed by atoms with Crippen LogP contribution in [0, 0.1) is 0 Å². The van der Waals surface area contributed by atoms with Crippen molar-refractivity contribution >= 4 is 39.5 Å². The summed E-state index contributed by atoms with van der Waals surface area (Å²) in [7, 11) is 6.10. The number of methoxy groups -OCH3 is 3. The van der Waals surface area contributed by atoms with Crippen molar-refractivity contribution in [2.24, 2.45) is 0 Å². The molecule has 16 nitrogen and oxygen atoms in total. The van der Waals surface area contributed by atoms with Gasteiger partial charge in [0, 0.05) is 40.6 Å². The quantitative estimate of drug-likeness (QED) is 0.335. The summed E-state index contributed by atoms with van der Waals surface area (Å²) < 4.78 is 77.4. The molecular formula is C36H50BBr2O16. The molecule has 3 aliphatic carbocycles. The topological polar surface area (TPSA) is 170 Å². The van der Waals surface area contributed by atoms with Gasteiger partial charge in [0.25, 0.3) is 0 Å². The molecule has 3 unspecified atom stereocenters. The molecule has 9 fully saturated rings. The number of alkyl halides is 2. The number of aliphatic hydroxyl groups is 2. The standard InChI is InChI=1S/C10H14Br2O4.2C10H16O5.C6H4BO2/c1-8(2)14-5-6(15-8)9(4-10(9,11)12)16-7(5)13-3;2*1-9(2)13-6-7(14-9)10(4-5(10)11)15-8(6)12-3;1-2-4-6-5(3-1)8-7-9-6/h5-7H,4H2,1-3H3;2*5-8,11H,4H2,1-3H3;1-4H/t5?,6-,7-,9+;5-,6?,7+,8+,10+;5-,6?,7-,8-,10-;/m101./s1. The van der Waals surface area contributed by atoms with Gasteiger partial charge in [0.05, 0.1) is 12.2 Å². The predicted octanol–water partition coefficient (Wildman–Crippen LogP) is 3.16. The number of benzene rings is 1. The van der Waals surface area contributed by atoms with Crippen LogP contribution in [0.5, 0.6) is 11.5 Å². The van der Waals surface area contributed by atoms with Crippen LogP contribution in [-0.2, 0) is 56.8 Å². The van der Waals surface area contributed by atoms with Gasteiger partial charge in [0.1, 0.15) is 68.2 Å². The maximum absolute atomic E-state index is 9.63. The zero-order chi connectivity index (χ0) is 39.6. The Morgan fingerprint density at radius 3 is 1.27 bits per heavy atom. The van der Waals surface area contributed by atoms with E-state index in [9.17, 15) is 10.2 Å². The molecule has 307 valence electrons. The van der Waals surface area contributed by atoms with Crippen LogP contribution in [-0.4, -0.2) is 144 Å². The fourth-order valence-electron chi connectivity index (χ4n) is 8.52. The highest BCUT2D eigenvalue weighted by atomic mass is 79.9. The number of halogens is 2. The molecule has 55 heavy (non-hydrogen) atoms. The fourth-order valence-corrected chi connectivity index (χ4v) is 9.99. The average Bonchev–Trinajstić information content (AvgIpc) is 3.60. The third-order valence-electron chi connectivity index (χ3n) is 11.3. The minimum absolute atomic E-state index is 0.0915. The van der Waals surface area contributed by atoms with Gasteiger partial charge in [-0.25, -0.2) is 0 Å². The van der Waals surface area contributed by atoms with E-state index in [2.05, 4.69) is 31.9 Å². The fraction of sp³-hybridized carbons (Fsp3) is 0.833. The minimum atomic E-state index is -0.620. The van der Waals surface area contributed by atoms with Crippen molar-refractivity contribution in [1.82, 2.24) is 0 Å². The largest absolute Gasteiger partial charge is 0.658 e. The van der Waals surface area contributed by atoms with Crippen LogP contribution >= 0.6 is 31.9 Å². The molecule has 3 saturated carbocycles. The molecule has 2 N–H and O–H groups in total. The Balaban J connectivity index is 0.000000105. The van der Waals surface area contributed by atoms with Gasteiger partial charge in [-0.1, -0.05) is 44.0 Å². The molecule has 3 spiro atoms. The second kappa shape index (κ2) is 13.9. The Morgan fingerprint density at radius 1 is 0.582 bits per heavy atom. The summed E-state index contributed by atoms with van der Waals surface area (Å²) in [6.07, 6.45) is -1.23. The summed E-state index contributed by atoms with van der Waals surface area (Å²) in [5.41, 5.74) is -1.54. The highest BCUT2D eigenvalue weighted by molar-refractivity contribution is 9.25. The second-order valence-electron chi connectivity index (χ2n) is 16.6. The van der Waals surface area contributed by atoms with E-state index in [0.29, 0.717) is 12.8 Å². The van der Waals surface area contributed by atoms with E-state index >= 15 is 0 Å². The molecule has 7 heterocycles. The van der Waals surface area contributed by atoms with Crippen molar-refractivity contribution in [2.75, 3.05) is 21.3 Å². The van der Waals surface area contributed by atoms with E-state index in [1.54, 1.807) is 21.3 Å². The smallest absolute Gasteiger partial charge is 0.524 e. The maximum Gasteiger partial charge on any atom is 0.658 e. The van der Waals surface area contributed by atoms with Gasteiger partial charge >= 0.3 is 7.69 Å². The van der Waals surface area contributed by atoms with Crippen molar-refractivity contribution in [3.8, 4) is 11.5 Å². The van der Waals surface area contributed by atoms with Crippen LogP contribution in [0.4, 0.5) is 0 Å². The van der Waals surface area contributed by atoms with E-state index < -0.39 is 53.4 Å². The molecule has 7 aliphatic heterocycles. The average molecular weight is 909 g/mol. The third kappa shape index (κ3) is 7.12. The molecule has 1 aromatic rings. The first kappa shape index (κ1) is 41.0. The first-order valence-electron chi connectivity index (χ1n) is 18.4. The number of ether oxygens (including phenoxy) is 12. The molecule has 6 saturated heterocycles. The third-order valence-corrected chi connectivity index (χ3v) is 13.2. The number of hydrogen-bond donors (Lipinski definition) is 2. The Morgan fingerprint density at radius 2 is 0.927 bits per heavy atom. The Bertz CT molecular complexity index is 1520. The molecule has 11 rings (SSSR count). The zero-order valence-corrected chi connectivity index (χ0v) is 35.4. The van der Waals surface area contributed by atoms with Crippen LogP contribution in [0.1, 0.15) is 60.8 Å². The van der Waals surface area contributed by atoms with Gasteiger partial charge in [-0.3, -0.25) is 0 Å². The van der Waals surface area contributed by atoms with Crippen LogP contribution < -0.4 is 9.31 Å². The van der Waals surface area contributed by atoms with Gasteiger partial charge in [0.15, 0.2) is 36.2 Å². The summed E-state index contributed by atoms with van der Waals surface area (Å²) >= 11 is 7.20. The molecule has 0 amide bonds. The van der Waals surface area contributed by atoms with E-state index in [0.717, 1.165) is 17.9 Å². The summed E-state index contributed by atoms with van der Waals surface area (Å²) in [6.45, 7) is 11.3. The lowest BCUT2D eigenvalue weighted by Gasteiger charge is -2.24. The predicted molar refractivity (Wildman–Crippen MR) is 195 cm³/mol. The molecule has 0 aromatic heterocycles. The molecule has 10 aliphatic rings. The van der Waals surface area contributed by atoms with E-state index in [1.165, 1.54) is 7.69 Å². The Hall–Kier alpha value is -0.715. The number of hydrogen-bond acceptors (Lipinski definition) is 16. The van der Waals surface area contributed by atoms with Crippen molar-refractivity contribution in [2.45, 2.75) is 166 Å². The van der Waals surface area contributed by atoms with Crippen molar-refractivity contribution in [3.63, 3.8) is 0 Å². The molecule has 14 atom stereocenters. The molecule has 1 radical (unpaired) electrons. The van der Waals surface area contributed by atoms with E-state index in [1.807, 2.05) is 65.8 Å². The highest BCUT2D eigenvalue weighted by Crippen LogP contribution is 2.69. The molecule has 1 aromatic carbocycles. The van der Waals surface area contributed by atoms with Gasteiger partial charge in [-0.05, 0) is 53.7 Å². The lowest BCUT2D eigenvalue weighted by Crippen LogP contribution is -2.35. The summed E-state index contributed by atoms with van der Waals surface area (Å²) in [5, 5.41) is 19.3. The van der Waals surface area contributed by atoms with E-state index in [4.69, 9.17) is 66.2 Å². The van der Waals surface area contributed by atoms with E-state index in [-0.39, 0.29) is 51.7 Å². The first-order chi connectivity index (χ1) is 25.7. The number of para-hydroxylation sites is 2. The van der Waals surface area contributed by atoms with Crippen LogP contribution in [0.2, 0.25) is 0 Å². The minimum Gasteiger partial charge on any atom is -0.524 e. The normalized spacial score (nSPS) is 47.8. The molecule has 19 heteroatoms. The van der Waals surface area contributed by atoms with Crippen LogP contribution in [0.25, 0.3) is 0 Å². The van der Waals surface area contributed by atoms with Gasteiger partial charge in [0.2, 0.25) is 0 Å². The van der Waals surface area contributed by atoms with Gasteiger partial charge in [-0.15, -0.1) is 0 Å². The lowest BCUT2D eigenvalue weighted by atomic mass is 10.1. The first-order valence-corrected chi connectivity index (χ1v) is 20.0. The van der Waals surface area contributed by atoms with Crippen LogP contribution in [0.15, 0.2) is 24.3 Å². The Kier molecular flexibility index (Phi) is 10.4. The van der Waals surface area contributed by atoms with Crippen molar-refractivity contribution < 1.29 is 76.4 Å². The number of aliphatic hydroxyl groups excluding tert-OH is 2. The number of rotatable bonds is 3. The SMILES string of the molecule is CO[C@@H]1O[C@@]2(CC2(Br)Br)[C@@H]2OC(C)(C)OC12.CO[C@@H]1O[C@@]2(C[C@@H]2O)[C@@H]2OC(C)(C)OC12.CO[C@@H]1O[C@@]2(C[C@H]2O)[C@@H]2OC(C)(C)OC12.[B]1Oc2ccccc2O1. The van der Waals surface area contributed by atoms with Gasteiger partial charge < -0.3 is 76.4 Å².